The van der Waals surface area contributed by atoms with Crippen molar-refractivity contribution in [3.8, 4) is 33.7 Å². The largest absolute Gasteiger partial charge is 0.497 e. The van der Waals surface area contributed by atoms with E-state index < -0.39 is 5.97 Å². The number of pyridine rings is 1. The van der Waals surface area contributed by atoms with Crippen LogP contribution in [0.4, 0.5) is 0 Å². The van der Waals surface area contributed by atoms with Crippen LogP contribution in [-0.4, -0.2) is 32.5 Å². The van der Waals surface area contributed by atoms with Crippen molar-refractivity contribution in [2.24, 2.45) is 7.05 Å². The Bertz CT molecular complexity index is 1340. The fourth-order valence-corrected chi connectivity index (χ4v) is 3.46. The van der Waals surface area contributed by atoms with Gasteiger partial charge >= 0.3 is 5.97 Å². The summed E-state index contributed by atoms with van der Waals surface area (Å²) in [6.45, 7) is 0. The molecular formula is C23H18ClN3O4. The lowest BCUT2D eigenvalue weighted by atomic mass is 9.98. The fourth-order valence-electron chi connectivity index (χ4n) is 3.33. The Morgan fingerprint density at radius 3 is 2.45 bits per heavy atom. The van der Waals surface area contributed by atoms with Gasteiger partial charge in [0.25, 0.3) is 5.56 Å². The molecule has 4 rings (SSSR count). The van der Waals surface area contributed by atoms with Crippen LogP contribution in [0.2, 0.25) is 5.02 Å². The van der Waals surface area contributed by atoms with Gasteiger partial charge in [-0.05, 0) is 35.4 Å². The summed E-state index contributed by atoms with van der Waals surface area (Å²) < 4.78 is 8.21. The Hall–Kier alpha value is -3.84. The highest BCUT2D eigenvalue weighted by Gasteiger charge is 2.16. The second kappa shape index (κ2) is 8.12. The van der Waals surface area contributed by atoms with Gasteiger partial charge in [0.1, 0.15) is 5.75 Å². The van der Waals surface area contributed by atoms with Crippen molar-refractivity contribution in [3.63, 3.8) is 0 Å². The highest BCUT2D eigenvalue weighted by atomic mass is 35.5. The Morgan fingerprint density at radius 2 is 1.77 bits per heavy atom. The molecule has 7 nitrogen and oxygen atoms in total. The minimum atomic E-state index is -1.07. The van der Waals surface area contributed by atoms with Crippen LogP contribution in [0.1, 0.15) is 10.4 Å². The van der Waals surface area contributed by atoms with E-state index in [1.165, 1.54) is 22.4 Å². The number of aromatic nitrogens is 3. The van der Waals surface area contributed by atoms with E-state index in [-0.39, 0.29) is 11.1 Å². The highest BCUT2D eigenvalue weighted by molar-refractivity contribution is 6.30. The summed E-state index contributed by atoms with van der Waals surface area (Å²) in [5.41, 5.74) is 3.36. The molecule has 156 valence electrons. The number of nitrogens with zero attached hydrogens (tertiary/aromatic N) is 3. The third-order valence-electron chi connectivity index (χ3n) is 4.96. The summed E-state index contributed by atoms with van der Waals surface area (Å²) in [6.07, 6.45) is 5.09. The van der Waals surface area contributed by atoms with Gasteiger partial charge in [-0.3, -0.25) is 4.79 Å². The van der Waals surface area contributed by atoms with Gasteiger partial charge in [-0.25, -0.2) is 9.48 Å². The lowest BCUT2D eigenvalue weighted by Crippen LogP contribution is -2.15. The molecule has 4 aromatic rings. The summed E-state index contributed by atoms with van der Waals surface area (Å²) in [6, 6.07) is 13.4. The van der Waals surface area contributed by atoms with Crippen LogP contribution in [-0.2, 0) is 7.05 Å². The monoisotopic (exact) mass is 435 g/mol. The fraction of sp³-hybridized carbons (Fsp3) is 0.0870. The van der Waals surface area contributed by atoms with Crippen molar-refractivity contribution in [2.75, 3.05) is 7.11 Å². The molecule has 0 fully saturated rings. The molecule has 0 spiro atoms. The average molecular weight is 436 g/mol. The van der Waals surface area contributed by atoms with E-state index in [2.05, 4.69) is 5.10 Å². The molecule has 0 saturated heterocycles. The van der Waals surface area contributed by atoms with Crippen LogP contribution in [0.5, 0.6) is 5.75 Å². The number of carboxylic acids is 1. The molecule has 1 N–H and O–H groups in total. The molecule has 8 heteroatoms. The molecule has 0 unspecified atom stereocenters. The number of carboxylic acid groups (broad SMARTS) is 1. The molecule has 2 aromatic carbocycles. The van der Waals surface area contributed by atoms with E-state index in [9.17, 15) is 14.7 Å². The molecular weight excluding hydrogens is 418 g/mol. The van der Waals surface area contributed by atoms with Gasteiger partial charge in [0.15, 0.2) is 0 Å². The second-order valence-electron chi connectivity index (χ2n) is 6.92. The first kappa shape index (κ1) is 20.4. The third-order valence-corrected chi connectivity index (χ3v) is 5.21. The Kier molecular flexibility index (Phi) is 5.35. The number of ether oxygens (including phenoxy) is 1. The zero-order valence-corrected chi connectivity index (χ0v) is 17.5. The lowest BCUT2D eigenvalue weighted by Gasteiger charge is -2.11. The molecule has 0 amide bonds. The first-order valence-electron chi connectivity index (χ1n) is 9.31. The summed E-state index contributed by atoms with van der Waals surface area (Å²) >= 11 is 6.01. The smallest absolute Gasteiger partial charge is 0.337 e. The van der Waals surface area contributed by atoms with E-state index >= 15 is 0 Å². The van der Waals surface area contributed by atoms with Gasteiger partial charge in [0.05, 0.1) is 24.6 Å². The Morgan fingerprint density at radius 1 is 1.03 bits per heavy atom. The topological polar surface area (TPSA) is 86.4 Å². The Labute approximate surface area is 182 Å². The molecule has 0 bridgehead atoms. The number of methoxy groups -OCH3 is 1. The van der Waals surface area contributed by atoms with Gasteiger partial charge in [0, 0.05) is 47.7 Å². The lowest BCUT2D eigenvalue weighted by molar-refractivity contribution is 0.0696. The minimum Gasteiger partial charge on any atom is -0.497 e. The first-order valence-corrected chi connectivity index (χ1v) is 9.68. The average Bonchev–Trinajstić information content (AvgIpc) is 3.25. The van der Waals surface area contributed by atoms with Crippen molar-refractivity contribution in [3.05, 3.63) is 88.1 Å². The van der Waals surface area contributed by atoms with Crippen molar-refractivity contribution < 1.29 is 14.6 Å². The molecule has 0 aliphatic heterocycles. The molecule has 0 radical (unpaired) electrons. The van der Waals surface area contributed by atoms with Crippen molar-refractivity contribution in [1.29, 1.82) is 0 Å². The van der Waals surface area contributed by atoms with E-state index in [0.717, 1.165) is 22.3 Å². The van der Waals surface area contributed by atoms with E-state index in [1.54, 1.807) is 56.0 Å². The predicted molar refractivity (Wildman–Crippen MR) is 118 cm³/mol. The van der Waals surface area contributed by atoms with Gasteiger partial charge in [-0.15, -0.1) is 0 Å². The maximum Gasteiger partial charge on any atom is 0.337 e. The quantitative estimate of drug-likeness (QED) is 0.506. The molecule has 0 atom stereocenters. The van der Waals surface area contributed by atoms with Gasteiger partial charge < -0.3 is 14.4 Å². The number of hydrogen-bond donors (Lipinski definition) is 1. The first-order chi connectivity index (χ1) is 14.9. The highest BCUT2D eigenvalue weighted by Crippen LogP contribution is 2.32. The summed E-state index contributed by atoms with van der Waals surface area (Å²) in [4.78, 5) is 24.0. The summed E-state index contributed by atoms with van der Waals surface area (Å²) in [5.74, 6) is -0.556. The number of benzene rings is 2. The van der Waals surface area contributed by atoms with Crippen LogP contribution >= 0.6 is 11.6 Å². The zero-order valence-electron chi connectivity index (χ0n) is 16.7. The molecule has 0 aliphatic carbocycles. The summed E-state index contributed by atoms with van der Waals surface area (Å²) in [5, 5.41) is 14.5. The molecule has 0 aliphatic rings. The summed E-state index contributed by atoms with van der Waals surface area (Å²) in [7, 11) is 3.18. The third kappa shape index (κ3) is 3.95. The van der Waals surface area contributed by atoms with Crippen LogP contribution in [0.25, 0.3) is 27.9 Å². The van der Waals surface area contributed by atoms with Crippen molar-refractivity contribution >= 4 is 17.6 Å². The van der Waals surface area contributed by atoms with Crippen molar-refractivity contribution in [2.45, 2.75) is 0 Å². The maximum atomic E-state index is 12.3. The Balaban J connectivity index is 1.87. The number of aryl methyl sites for hydroxylation is 1. The van der Waals surface area contributed by atoms with Crippen LogP contribution in [0, 0.1) is 0 Å². The molecule has 0 saturated carbocycles. The van der Waals surface area contributed by atoms with E-state index in [0.29, 0.717) is 16.5 Å². The van der Waals surface area contributed by atoms with Crippen LogP contribution in [0.3, 0.4) is 0 Å². The van der Waals surface area contributed by atoms with Gasteiger partial charge in [-0.2, -0.15) is 5.10 Å². The number of hydrogen-bond acceptors (Lipinski definition) is 4. The zero-order chi connectivity index (χ0) is 22.1. The minimum absolute atomic E-state index is 0.0915. The number of aromatic carboxylic acids is 1. The molecule has 31 heavy (non-hydrogen) atoms. The second-order valence-corrected chi connectivity index (χ2v) is 7.36. The van der Waals surface area contributed by atoms with Crippen molar-refractivity contribution in [1.82, 2.24) is 14.3 Å². The van der Waals surface area contributed by atoms with Gasteiger partial charge in [0.2, 0.25) is 0 Å². The SMILES string of the molecule is COc1ccc(C(=O)O)c(-n2cc(-c3cn(C)c(=O)cc3-c3ccc(Cl)cc3)cn2)c1. The van der Waals surface area contributed by atoms with Crippen LogP contribution < -0.4 is 10.3 Å². The standard InChI is InChI=1S/C23H18ClN3O4/c1-26-13-20(19(10-22(26)28)14-3-5-16(24)6-4-14)15-11-25-27(12-15)21-9-17(31-2)7-8-18(21)23(29)30/h3-13H,1-2H3,(H,29,30). The number of halogens is 1. The van der Waals surface area contributed by atoms with Crippen LogP contribution in [0.15, 0.2) is 71.9 Å². The predicted octanol–water partition coefficient (Wildman–Crippen LogP) is 4.27. The maximum absolute atomic E-state index is 12.3. The number of rotatable bonds is 5. The van der Waals surface area contributed by atoms with Gasteiger partial charge in [-0.1, -0.05) is 23.7 Å². The molecule has 2 heterocycles. The number of carbonyl (C=O) groups is 1. The van der Waals surface area contributed by atoms with E-state index in [4.69, 9.17) is 16.3 Å². The molecule has 2 aromatic heterocycles. The van der Waals surface area contributed by atoms with E-state index in [1.807, 2.05) is 12.1 Å². The normalized spacial score (nSPS) is 10.8.